The summed E-state index contributed by atoms with van der Waals surface area (Å²) in [4.78, 5) is 23.0. The van der Waals surface area contributed by atoms with Crippen molar-refractivity contribution in [3.05, 3.63) is 0 Å². The molecule has 1 N–H and O–H groups in total. The first kappa shape index (κ1) is 23.0. The molecule has 6 heteroatoms. The van der Waals surface area contributed by atoms with Crippen molar-refractivity contribution in [1.29, 1.82) is 0 Å². The lowest BCUT2D eigenvalue weighted by Gasteiger charge is -2.25. The molecule has 0 heterocycles. The number of esters is 1. The van der Waals surface area contributed by atoms with Crippen LogP contribution in [0, 0.1) is 5.92 Å². The second kappa shape index (κ2) is 14.4. The summed E-state index contributed by atoms with van der Waals surface area (Å²) in [5.74, 6) is -0.297. The van der Waals surface area contributed by atoms with E-state index < -0.39 is 12.2 Å². The average Bonchev–Trinajstić information content (AvgIpc) is 2.56. The Kier molecular flexibility index (Phi) is 13.8. The zero-order valence-electron chi connectivity index (χ0n) is 15.6. The monoisotopic (exact) mass is 346 g/mol. The number of carbonyl (C=O) groups excluding carboxylic acids is 2. The third-order valence-corrected chi connectivity index (χ3v) is 3.96. The lowest BCUT2D eigenvalue weighted by molar-refractivity contribution is -0.152. The Labute approximate surface area is 145 Å². The number of hydrogen-bond acceptors (Lipinski definition) is 6. The molecule has 2 atom stereocenters. The van der Waals surface area contributed by atoms with Gasteiger partial charge in [-0.2, -0.15) is 0 Å². The molecule has 0 aliphatic carbocycles. The molecule has 0 aromatic rings. The predicted octanol–water partition coefficient (Wildman–Crippen LogP) is 2.86. The Morgan fingerprint density at radius 2 is 1.46 bits per heavy atom. The van der Waals surface area contributed by atoms with Crippen LogP contribution in [0.25, 0.3) is 0 Å². The minimum absolute atomic E-state index is 0.0360. The van der Waals surface area contributed by atoms with Gasteiger partial charge in [-0.25, -0.2) is 0 Å². The smallest absolute Gasteiger partial charge is 0.305 e. The van der Waals surface area contributed by atoms with Crippen LogP contribution in [-0.4, -0.2) is 50.1 Å². The molecule has 0 aliphatic heterocycles. The van der Waals surface area contributed by atoms with Crippen molar-refractivity contribution in [3.8, 4) is 0 Å². The van der Waals surface area contributed by atoms with Crippen molar-refractivity contribution in [2.75, 3.05) is 21.0 Å². The summed E-state index contributed by atoms with van der Waals surface area (Å²) >= 11 is 0. The highest BCUT2D eigenvalue weighted by Crippen LogP contribution is 2.15. The summed E-state index contributed by atoms with van der Waals surface area (Å²) in [5.41, 5.74) is 0. The number of rotatable bonds is 15. The quantitative estimate of drug-likeness (QED) is 0.279. The van der Waals surface area contributed by atoms with Gasteiger partial charge in [0.15, 0.2) is 5.78 Å². The number of ketones is 1. The Balaban J connectivity index is 3.81. The van der Waals surface area contributed by atoms with Gasteiger partial charge in [-0.3, -0.25) is 9.59 Å². The molecule has 0 fully saturated rings. The fourth-order valence-corrected chi connectivity index (χ4v) is 2.50. The van der Waals surface area contributed by atoms with Gasteiger partial charge in [-0.05, 0) is 18.8 Å². The second-order valence-corrected chi connectivity index (χ2v) is 6.39. The van der Waals surface area contributed by atoms with E-state index >= 15 is 0 Å². The van der Waals surface area contributed by atoms with Crippen LogP contribution >= 0.6 is 0 Å². The molecule has 0 radical (unpaired) electrons. The zero-order chi connectivity index (χ0) is 18.4. The van der Waals surface area contributed by atoms with E-state index in [4.69, 9.17) is 9.47 Å². The summed E-state index contributed by atoms with van der Waals surface area (Å²) in [6.45, 7) is 3.88. The van der Waals surface area contributed by atoms with Crippen molar-refractivity contribution in [2.45, 2.75) is 77.4 Å². The van der Waals surface area contributed by atoms with E-state index in [1.54, 1.807) is 0 Å². The van der Waals surface area contributed by atoms with Gasteiger partial charge in [0.2, 0.25) is 0 Å². The number of aliphatic hydroxyl groups excluding tert-OH is 1. The van der Waals surface area contributed by atoms with Gasteiger partial charge < -0.3 is 19.3 Å². The van der Waals surface area contributed by atoms with Crippen LogP contribution in [0.1, 0.15) is 65.2 Å². The Bertz CT molecular complexity index is 342. The standard InChI is InChI=1S/C18H34O6/c1-14(2)18(24-13-22-3)17(21)15(19)11-9-7-5-6-8-10-12-16(20)23-4/h14,17-18,21H,5-13H2,1-4H3/t17-,18-/m1/s1. The van der Waals surface area contributed by atoms with E-state index in [0.717, 1.165) is 38.5 Å². The number of methoxy groups -OCH3 is 2. The maximum atomic E-state index is 12.1. The summed E-state index contributed by atoms with van der Waals surface area (Å²) < 4.78 is 14.8. The maximum Gasteiger partial charge on any atom is 0.305 e. The Hall–Kier alpha value is -0.980. The molecule has 0 amide bonds. The molecule has 0 aromatic heterocycles. The molecule has 0 rings (SSSR count). The first-order valence-corrected chi connectivity index (χ1v) is 8.82. The third-order valence-electron chi connectivity index (χ3n) is 3.96. The molecule has 0 spiro atoms. The number of ether oxygens (including phenoxy) is 3. The van der Waals surface area contributed by atoms with Crippen LogP contribution in [0.5, 0.6) is 0 Å². The van der Waals surface area contributed by atoms with E-state index in [9.17, 15) is 14.7 Å². The lowest BCUT2D eigenvalue weighted by atomic mass is 9.96. The van der Waals surface area contributed by atoms with Crippen LogP contribution in [-0.2, 0) is 23.8 Å². The van der Waals surface area contributed by atoms with E-state index in [-0.39, 0.29) is 24.5 Å². The SMILES string of the molecule is COCO[C@H](C(C)C)[C@H](O)C(=O)CCCCCCCCC(=O)OC. The van der Waals surface area contributed by atoms with Crippen molar-refractivity contribution >= 4 is 11.8 Å². The molecular weight excluding hydrogens is 312 g/mol. The van der Waals surface area contributed by atoms with Crippen LogP contribution in [0.3, 0.4) is 0 Å². The van der Waals surface area contributed by atoms with Gasteiger partial charge in [0.25, 0.3) is 0 Å². The highest BCUT2D eigenvalue weighted by atomic mass is 16.7. The fourth-order valence-electron chi connectivity index (χ4n) is 2.50. The molecule has 24 heavy (non-hydrogen) atoms. The first-order chi connectivity index (χ1) is 11.4. The Morgan fingerprint density at radius 3 is 1.96 bits per heavy atom. The number of carbonyl (C=O) groups is 2. The van der Waals surface area contributed by atoms with Gasteiger partial charge in [0.1, 0.15) is 12.9 Å². The summed E-state index contributed by atoms with van der Waals surface area (Å²) in [6.07, 6.45) is 4.82. The molecule has 0 aliphatic rings. The summed E-state index contributed by atoms with van der Waals surface area (Å²) in [7, 11) is 2.91. The maximum absolute atomic E-state index is 12.1. The second-order valence-electron chi connectivity index (χ2n) is 6.39. The molecule has 0 saturated heterocycles. The first-order valence-electron chi connectivity index (χ1n) is 8.82. The average molecular weight is 346 g/mol. The molecule has 6 nitrogen and oxygen atoms in total. The van der Waals surface area contributed by atoms with Crippen LogP contribution in [0.15, 0.2) is 0 Å². The predicted molar refractivity (Wildman–Crippen MR) is 91.6 cm³/mol. The van der Waals surface area contributed by atoms with Crippen LogP contribution in [0.2, 0.25) is 0 Å². The van der Waals surface area contributed by atoms with Gasteiger partial charge in [0, 0.05) is 20.0 Å². The largest absolute Gasteiger partial charge is 0.469 e. The zero-order valence-corrected chi connectivity index (χ0v) is 15.6. The highest BCUT2D eigenvalue weighted by molar-refractivity contribution is 5.83. The van der Waals surface area contributed by atoms with E-state index in [1.807, 2.05) is 13.8 Å². The van der Waals surface area contributed by atoms with Crippen molar-refractivity contribution < 1.29 is 28.9 Å². The van der Waals surface area contributed by atoms with Gasteiger partial charge in [0.05, 0.1) is 13.2 Å². The van der Waals surface area contributed by atoms with Crippen LogP contribution < -0.4 is 0 Å². The fraction of sp³-hybridized carbons (Fsp3) is 0.889. The molecule has 142 valence electrons. The van der Waals surface area contributed by atoms with E-state index in [0.29, 0.717) is 12.8 Å². The topological polar surface area (TPSA) is 82.1 Å². The van der Waals surface area contributed by atoms with Crippen LogP contribution in [0.4, 0.5) is 0 Å². The minimum atomic E-state index is -1.10. The van der Waals surface area contributed by atoms with Gasteiger partial charge in [-0.1, -0.05) is 39.5 Å². The summed E-state index contributed by atoms with van der Waals surface area (Å²) in [6, 6.07) is 0. The Morgan fingerprint density at radius 1 is 0.917 bits per heavy atom. The molecular formula is C18H34O6. The third kappa shape index (κ3) is 10.7. The van der Waals surface area contributed by atoms with Crippen molar-refractivity contribution in [2.24, 2.45) is 5.92 Å². The molecule has 0 bridgehead atoms. The molecule has 0 aromatic carbocycles. The summed E-state index contributed by atoms with van der Waals surface area (Å²) in [5, 5.41) is 10.1. The highest BCUT2D eigenvalue weighted by Gasteiger charge is 2.28. The number of aliphatic hydroxyl groups is 1. The van der Waals surface area contributed by atoms with Gasteiger partial charge in [-0.15, -0.1) is 0 Å². The van der Waals surface area contributed by atoms with E-state index in [1.165, 1.54) is 14.2 Å². The minimum Gasteiger partial charge on any atom is -0.469 e. The van der Waals surface area contributed by atoms with Gasteiger partial charge >= 0.3 is 5.97 Å². The van der Waals surface area contributed by atoms with Crippen molar-refractivity contribution in [3.63, 3.8) is 0 Å². The normalized spacial score (nSPS) is 13.8. The number of unbranched alkanes of at least 4 members (excludes halogenated alkanes) is 5. The number of Topliss-reactive ketones (excluding diaryl/α,β-unsaturated/α-hetero) is 1. The molecule has 0 saturated carbocycles. The lowest BCUT2D eigenvalue weighted by Crippen LogP contribution is -2.40. The molecule has 0 unspecified atom stereocenters. The van der Waals surface area contributed by atoms with E-state index in [2.05, 4.69) is 4.74 Å². The number of hydrogen-bond donors (Lipinski definition) is 1. The van der Waals surface area contributed by atoms with Crippen molar-refractivity contribution in [1.82, 2.24) is 0 Å².